The fourth-order valence-electron chi connectivity index (χ4n) is 2.23. The maximum Gasteiger partial charge on any atom is 0.236 e. The van der Waals surface area contributed by atoms with E-state index in [2.05, 4.69) is 20.7 Å². The van der Waals surface area contributed by atoms with Crippen molar-refractivity contribution in [1.29, 1.82) is 0 Å². The third-order valence-corrected chi connectivity index (χ3v) is 7.38. The molecular formula is C17H16Cl2N4O2S3. The maximum absolute atomic E-state index is 12.1. The van der Waals surface area contributed by atoms with Crippen molar-refractivity contribution in [2.45, 2.75) is 29.7 Å². The van der Waals surface area contributed by atoms with Crippen LogP contribution in [0, 0.1) is 13.8 Å². The van der Waals surface area contributed by atoms with Crippen molar-refractivity contribution in [3.63, 3.8) is 0 Å². The summed E-state index contributed by atoms with van der Waals surface area (Å²) in [5, 5.41) is 16.5. The standard InChI is InChI=1S/C17H16Cl2N4O2S3/c1-9-11(10(2)25-23-9)6-26-8-15(24)20-16-21-22-17(28-16)27-7-12-13(18)4-3-5-14(12)19/h3-5H,6-8H2,1-2H3,(H,20,21,24). The monoisotopic (exact) mass is 474 g/mol. The largest absolute Gasteiger partial charge is 0.361 e. The maximum atomic E-state index is 12.1. The summed E-state index contributed by atoms with van der Waals surface area (Å²) in [4.78, 5) is 12.1. The van der Waals surface area contributed by atoms with Crippen LogP contribution in [-0.4, -0.2) is 27.0 Å². The van der Waals surface area contributed by atoms with E-state index in [0.717, 1.165) is 26.9 Å². The number of nitrogens with zero attached hydrogens (tertiary/aromatic N) is 3. The molecule has 3 rings (SSSR count). The number of aromatic nitrogens is 3. The number of amides is 1. The second kappa shape index (κ2) is 9.98. The molecule has 1 amide bonds. The molecule has 0 aliphatic rings. The van der Waals surface area contributed by atoms with Gasteiger partial charge in [-0.15, -0.1) is 22.0 Å². The van der Waals surface area contributed by atoms with E-state index in [4.69, 9.17) is 27.7 Å². The van der Waals surface area contributed by atoms with Crippen LogP contribution in [0.25, 0.3) is 0 Å². The molecule has 148 valence electrons. The lowest BCUT2D eigenvalue weighted by Crippen LogP contribution is -2.14. The van der Waals surface area contributed by atoms with E-state index >= 15 is 0 Å². The summed E-state index contributed by atoms with van der Waals surface area (Å²) in [6, 6.07) is 5.41. The molecule has 11 heteroatoms. The molecular weight excluding hydrogens is 459 g/mol. The second-order valence-corrected chi connectivity index (χ2v) is 9.71. The van der Waals surface area contributed by atoms with Crippen LogP contribution >= 0.6 is 58.1 Å². The van der Waals surface area contributed by atoms with Crippen LogP contribution in [0.5, 0.6) is 0 Å². The number of thioether (sulfide) groups is 2. The number of rotatable bonds is 8. The lowest BCUT2D eigenvalue weighted by molar-refractivity contribution is -0.113. The highest BCUT2D eigenvalue weighted by molar-refractivity contribution is 8.00. The number of anilines is 1. The van der Waals surface area contributed by atoms with Crippen molar-refractivity contribution in [2.24, 2.45) is 0 Å². The summed E-state index contributed by atoms with van der Waals surface area (Å²) < 4.78 is 5.85. The van der Waals surface area contributed by atoms with Gasteiger partial charge in [0, 0.05) is 27.1 Å². The van der Waals surface area contributed by atoms with Gasteiger partial charge in [-0.05, 0) is 31.5 Å². The molecule has 0 unspecified atom stereocenters. The highest BCUT2D eigenvalue weighted by Crippen LogP contribution is 2.33. The Kier molecular flexibility index (Phi) is 7.64. The van der Waals surface area contributed by atoms with Crippen LogP contribution in [0.15, 0.2) is 27.1 Å². The van der Waals surface area contributed by atoms with Crippen molar-refractivity contribution < 1.29 is 9.32 Å². The lowest BCUT2D eigenvalue weighted by Gasteiger charge is -2.04. The predicted molar refractivity (Wildman–Crippen MR) is 117 cm³/mol. The Hall–Kier alpha value is -1.26. The van der Waals surface area contributed by atoms with E-state index in [1.165, 1.54) is 34.9 Å². The summed E-state index contributed by atoms with van der Waals surface area (Å²) in [5.41, 5.74) is 2.74. The van der Waals surface area contributed by atoms with Gasteiger partial charge in [-0.2, -0.15) is 0 Å². The van der Waals surface area contributed by atoms with E-state index in [-0.39, 0.29) is 5.91 Å². The normalized spacial score (nSPS) is 11.0. The minimum atomic E-state index is -0.126. The third-order valence-electron chi connectivity index (χ3n) is 3.72. The van der Waals surface area contributed by atoms with Crippen LogP contribution < -0.4 is 5.32 Å². The number of benzene rings is 1. The molecule has 0 spiro atoms. The fourth-order valence-corrected chi connectivity index (χ4v) is 5.72. The highest BCUT2D eigenvalue weighted by Gasteiger charge is 2.13. The third kappa shape index (κ3) is 5.64. The van der Waals surface area contributed by atoms with Gasteiger partial charge in [-0.25, -0.2) is 0 Å². The topological polar surface area (TPSA) is 80.9 Å². The number of carbonyl (C=O) groups excluding carboxylic acids is 1. The quantitative estimate of drug-likeness (QED) is 0.335. The van der Waals surface area contributed by atoms with Gasteiger partial charge in [-0.1, -0.05) is 57.5 Å². The summed E-state index contributed by atoms with van der Waals surface area (Å²) in [6.45, 7) is 3.76. The molecule has 1 N–H and O–H groups in total. The van der Waals surface area contributed by atoms with Gasteiger partial charge in [-0.3, -0.25) is 10.1 Å². The molecule has 0 saturated heterocycles. The summed E-state index contributed by atoms with van der Waals surface area (Å²) in [5.74, 6) is 2.22. The van der Waals surface area contributed by atoms with Gasteiger partial charge >= 0.3 is 0 Å². The number of nitrogens with one attached hydrogen (secondary N) is 1. The lowest BCUT2D eigenvalue weighted by atomic mass is 10.2. The fraction of sp³-hybridized carbons (Fsp3) is 0.294. The average molecular weight is 475 g/mol. The molecule has 0 atom stereocenters. The van der Waals surface area contributed by atoms with Crippen LogP contribution in [-0.2, 0) is 16.3 Å². The zero-order valence-corrected chi connectivity index (χ0v) is 19.0. The minimum Gasteiger partial charge on any atom is -0.361 e. The molecule has 6 nitrogen and oxygen atoms in total. The van der Waals surface area contributed by atoms with Gasteiger partial charge in [0.1, 0.15) is 5.76 Å². The Bertz CT molecular complexity index is 937. The number of hydrogen-bond donors (Lipinski definition) is 1. The molecule has 0 aliphatic carbocycles. The Morgan fingerprint density at radius 2 is 1.93 bits per heavy atom. The minimum absolute atomic E-state index is 0.126. The summed E-state index contributed by atoms with van der Waals surface area (Å²) in [6.07, 6.45) is 0. The first-order valence-electron chi connectivity index (χ1n) is 8.12. The Morgan fingerprint density at radius 1 is 1.18 bits per heavy atom. The van der Waals surface area contributed by atoms with E-state index < -0.39 is 0 Å². The Labute approximate surface area is 184 Å². The van der Waals surface area contributed by atoms with Crippen molar-refractivity contribution in [2.75, 3.05) is 11.1 Å². The molecule has 0 radical (unpaired) electrons. The number of carbonyl (C=O) groups is 1. The van der Waals surface area contributed by atoms with Crippen molar-refractivity contribution in [1.82, 2.24) is 15.4 Å². The number of aryl methyl sites for hydroxylation is 2. The average Bonchev–Trinajstić information content (AvgIpc) is 3.22. The first kappa shape index (κ1) is 21.4. The van der Waals surface area contributed by atoms with E-state index in [0.29, 0.717) is 32.4 Å². The second-order valence-electron chi connectivity index (χ2n) is 5.71. The van der Waals surface area contributed by atoms with Crippen molar-refractivity contribution >= 4 is 69.1 Å². The summed E-state index contributed by atoms with van der Waals surface area (Å²) in [7, 11) is 0. The molecule has 2 aromatic heterocycles. The van der Waals surface area contributed by atoms with Crippen molar-refractivity contribution in [3.8, 4) is 0 Å². The molecule has 2 heterocycles. The van der Waals surface area contributed by atoms with Crippen LogP contribution in [0.2, 0.25) is 10.0 Å². The van der Waals surface area contributed by atoms with E-state index in [1.54, 1.807) is 18.2 Å². The Morgan fingerprint density at radius 3 is 2.61 bits per heavy atom. The number of hydrogen-bond acceptors (Lipinski definition) is 8. The first-order chi connectivity index (χ1) is 13.4. The zero-order valence-electron chi connectivity index (χ0n) is 15.0. The molecule has 0 saturated carbocycles. The van der Waals surface area contributed by atoms with Crippen LogP contribution in [0.1, 0.15) is 22.6 Å². The molecule has 0 aliphatic heterocycles. The van der Waals surface area contributed by atoms with Gasteiger partial charge < -0.3 is 4.52 Å². The molecule has 28 heavy (non-hydrogen) atoms. The van der Waals surface area contributed by atoms with Gasteiger partial charge in [0.05, 0.1) is 11.4 Å². The van der Waals surface area contributed by atoms with Gasteiger partial charge in [0.25, 0.3) is 0 Å². The van der Waals surface area contributed by atoms with Gasteiger partial charge in [0.2, 0.25) is 11.0 Å². The highest BCUT2D eigenvalue weighted by atomic mass is 35.5. The Balaban J connectivity index is 1.47. The molecule has 0 fully saturated rings. The predicted octanol–water partition coefficient (Wildman–Crippen LogP) is 5.61. The smallest absolute Gasteiger partial charge is 0.236 e. The van der Waals surface area contributed by atoms with E-state index in [9.17, 15) is 4.79 Å². The van der Waals surface area contributed by atoms with Crippen LogP contribution in [0.4, 0.5) is 5.13 Å². The van der Waals surface area contributed by atoms with Gasteiger partial charge in [0.15, 0.2) is 4.34 Å². The zero-order chi connectivity index (χ0) is 20.1. The summed E-state index contributed by atoms with van der Waals surface area (Å²) >= 11 is 16.6. The molecule has 0 bridgehead atoms. The van der Waals surface area contributed by atoms with Crippen LogP contribution in [0.3, 0.4) is 0 Å². The number of halogens is 2. The molecule has 1 aromatic carbocycles. The first-order valence-corrected chi connectivity index (χ1v) is 11.8. The van der Waals surface area contributed by atoms with Crippen molar-refractivity contribution in [3.05, 3.63) is 50.8 Å². The molecule has 3 aromatic rings. The SMILES string of the molecule is Cc1noc(C)c1CSCC(=O)Nc1nnc(SCc2c(Cl)cccc2Cl)s1. The van der Waals surface area contributed by atoms with E-state index in [1.807, 2.05) is 13.8 Å².